The van der Waals surface area contributed by atoms with Crippen molar-refractivity contribution in [3.05, 3.63) is 62.8 Å². The Hall–Kier alpha value is -1.06. The van der Waals surface area contributed by atoms with Gasteiger partial charge in [-0.3, -0.25) is 0 Å². The first kappa shape index (κ1) is 16.3. The summed E-state index contributed by atoms with van der Waals surface area (Å²) in [5.41, 5.74) is 3.18. The molecular weight excluding hydrogens is 353 g/mol. The normalized spacial score (nSPS) is 12.5. The van der Waals surface area contributed by atoms with Gasteiger partial charge in [0, 0.05) is 10.5 Å². The molecular formula is C17H18BrClFN. The van der Waals surface area contributed by atoms with E-state index in [1.807, 2.05) is 0 Å². The molecule has 2 aromatic carbocycles. The van der Waals surface area contributed by atoms with E-state index in [4.69, 9.17) is 11.6 Å². The maximum atomic E-state index is 13.2. The van der Waals surface area contributed by atoms with Gasteiger partial charge in [0.15, 0.2) is 0 Å². The fourth-order valence-corrected chi connectivity index (χ4v) is 3.07. The Balaban J connectivity index is 2.20. The third-order valence-corrected chi connectivity index (χ3v) is 4.39. The quantitative estimate of drug-likeness (QED) is 0.644. The van der Waals surface area contributed by atoms with E-state index in [2.05, 4.69) is 66.3 Å². The van der Waals surface area contributed by atoms with Crippen molar-refractivity contribution < 1.29 is 4.39 Å². The zero-order valence-electron chi connectivity index (χ0n) is 12.3. The van der Waals surface area contributed by atoms with Crippen LogP contribution in [-0.4, -0.2) is 0 Å². The lowest BCUT2D eigenvalue weighted by Crippen LogP contribution is -2.08. The zero-order valence-corrected chi connectivity index (χ0v) is 14.6. The number of nitrogens with one attached hydrogen (secondary N) is 1. The van der Waals surface area contributed by atoms with Crippen molar-refractivity contribution >= 4 is 33.2 Å². The Bertz CT molecular complexity index is 602. The van der Waals surface area contributed by atoms with Crippen LogP contribution in [0.25, 0.3) is 0 Å². The SMILES string of the molecule is CC(C)c1ccc(C(C)Nc2c(Cl)cc(F)cc2Br)cc1. The molecule has 0 fully saturated rings. The predicted molar refractivity (Wildman–Crippen MR) is 91.7 cm³/mol. The molecule has 0 aliphatic rings. The lowest BCUT2D eigenvalue weighted by atomic mass is 9.99. The van der Waals surface area contributed by atoms with Crippen LogP contribution in [0.3, 0.4) is 0 Å². The second-order valence-corrected chi connectivity index (χ2v) is 6.69. The van der Waals surface area contributed by atoms with E-state index in [1.54, 1.807) is 0 Å². The number of hydrogen-bond donors (Lipinski definition) is 1. The molecule has 21 heavy (non-hydrogen) atoms. The van der Waals surface area contributed by atoms with Gasteiger partial charge in [-0.2, -0.15) is 0 Å². The lowest BCUT2D eigenvalue weighted by molar-refractivity contribution is 0.627. The molecule has 0 saturated carbocycles. The van der Waals surface area contributed by atoms with E-state index in [0.29, 0.717) is 21.1 Å². The number of anilines is 1. The highest BCUT2D eigenvalue weighted by molar-refractivity contribution is 9.10. The molecule has 0 aliphatic carbocycles. The summed E-state index contributed by atoms with van der Waals surface area (Å²) in [5, 5.41) is 3.69. The van der Waals surface area contributed by atoms with Crippen LogP contribution in [0.4, 0.5) is 10.1 Å². The topological polar surface area (TPSA) is 12.0 Å². The molecule has 1 nitrogen and oxygen atoms in total. The average Bonchev–Trinajstić information content (AvgIpc) is 2.42. The Morgan fingerprint density at radius 2 is 1.62 bits per heavy atom. The second kappa shape index (κ2) is 6.80. The van der Waals surface area contributed by atoms with Crippen LogP contribution in [-0.2, 0) is 0 Å². The van der Waals surface area contributed by atoms with Crippen molar-refractivity contribution in [3.8, 4) is 0 Å². The van der Waals surface area contributed by atoms with Crippen LogP contribution < -0.4 is 5.32 Å². The van der Waals surface area contributed by atoms with Crippen molar-refractivity contribution in [2.24, 2.45) is 0 Å². The Labute approximate surface area is 138 Å². The average molecular weight is 371 g/mol. The van der Waals surface area contributed by atoms with Crippen LogP contribution in [0.1, 0.15) is 43.9 Å². The predicted octanol–water partition coefficient (Wildman–Crippen LogP) is 6.54. The number of hydrogen-bond acceptors (Lipinski definition) is 1. The van der Waals surface area contributed by atoms with Crippen LogP contribution in [0.5, 0.6) is 0 Å². The van der Waals surface area contributed by atoms with Crippen LogP contribution in [0, 0.1) is 5.82 Å². The summed E-state index contributed by atoms with van der Waals surface area (Å²) in [7, 11) is 0. The first-order chi connectivity index (χ1) is 9.88. The van der Waals surface area contributed by atoms with Gasteiger partial charge >= 0.3 is 0 Å². The molecule has 0 radical (unpaired) electrons. The second-order valence-electron chi connectivity index (χ2n) is 5.43. The molecule has 0 spiro atoms. The molecule has 1 unspecified atom stereocenters. The van der Waals surface area contributed by atoms with Crippen LogP contribution >= 0.6 is 27.5 Å². The summed E-state index contributed by atoms with van der Waals surface area (Å²) >= 11 is 9.44. The Kier molecular flexibility index (Phi) is 5.28. The highest BCUT2D eigenvalue weighted by Crippen LogP contribution is 2.34. The van der Waals surface area contributed by atoms with Gasteiger partial charge < -0.3 is 5.32 Å². The van der Waals surface area contributed by atoms with Crippen molar-refractivity contribution in [3.63, 3.8) is 0 Å². The maximum Gasteiger partial charge on any atom is 0.125 e. The molecule has 0 saturated heterocycles. The Morgan fingerprint density at radius 3 is 2.14 bits per heavy atom. The molecule has 0 bridgehead atoms. The van der Waals surface area contributed by atoms with Crippen LogP contribution in [0.15, 0.2) is 40.9 Å². The first-order valence-electron chi connectivity index (χ1n) is 6.89. The third kappa shape index (κ3) is 3.98. The van der Waals surface area contributed by atoms with E-state index >= 15 is 0 Å². The summed E-state index contributed by atoms with van der Waals surface area (Å²) in [6.45, 7) is 6.40. The molecule has 0 amide bonds. The third-order valence-electron chi connectivity index (χ3n) is 3.47. The minimum Gasteiger partial charge on any atom is -0.376 e. The van der Waals surface area contributed by atoms with E-state index < -0.39 is 0 Å². The summed E-state index contributed by atoms with van der Waals surface area (Å²) in [4.78, 5) is 0. The highest BCUT2D eigenvalue weighted by Gasteiger charge is 2.12. The van der Waals surface area contributed by atoms with E-state index in [9.17, 15) is 4.39 Å². The van der Waals surface area contributed by atoms with Gasteiger partial charge in [0.1, 0.15) is 5.82 Å². The molecule has 0 heterocycles. The number of rotatable bonds is 4. The minimum absolute atomic E-state index is 0.0745. The van der Waals surface area contributed by atoms with E-state index in [1.165, 1.54) is 17.7 Å². The summed E-state index contributed by atoms with van der Waals surface area (Å²) in [6, 6.07) is 11.3. The van der Waals surface area contributed by atoms with Crippen LogP contribution in [0.2, 0.25) is 5.02 Å². The molecule has 1 atom stereocenters. The first-order valence-corrected chi connectivity index (χ1v) is 8.06. The molecule has 1 N–H and O–H groups in total. The highest BCUT2D eigenvalue weighted by atomic mass is 79.9. The van der Waals surface area contributed by atoms with Gasteiger partial charge in [-0.05, 0) is 52.0 Å². The van der Waals surface area contributed by atoms with Crippen molar-refractivity contribution in [2.45, 2.75) is 32.7 Å². The van der Waals surface area contributed by atoms with Gasteiger partial charge in [-0.1, -0.05) is 49.7 Å². The van der Waals surface area contributed by atoms with Gasteiger partial charge in [0.05, 0.1) is 10.7 Å². The summed E-state index contributed by atoms with van der Waals surface area (Å²) in [5.74, 6) is 0.161. The summed E-state index contributed by atoms with van der Waals surface area (Å²) in [6.07, 6.45) is 0. The van der Waals surface area contributed by atoms with Crippen molar-refractivity contribution in [1.29, 1.82) is 0 Å². The molecule has 0 aliphatic heterocycles. The molecule has 2 rings (SSSR count). The number of benzene rings is 2. The fourth-order valence-electron chi connectivity index (χ4n) is 2.15. The van der Waals surface area contributed by atoms with E-state index in [0.717, 1.165) is 5.56 Å². The smallest absolute Gasteiger partial charge is 0.125 e. The summed E-state index contributed by atoms with van der Waals surface area (Å²) < 4.78 is 13.9. The molecule has 0 aromatic heterocycles. The van der Waals surface area contributed by atoms with E-state index in [-0.39, 0.29) is 11.9 Å². The fraction of sp³-hybridized carbons (Fsp3) is 0.294. The van der Waals surface area contributed by atoms with Gasteiger partial charge in [0.25, 0.3) is 0 Å². The number of halogens is 3. The van der Waals surface area contributed by atoms with Gasteiger partial charge in [0.2, 0.25) is 0 Å². The monoisotopic (exact) mass is 369 g/mol. The minimum atomic E-state index is -0.355. The molecule has 2 aromatic rings. The zero-order chi connectivity index (χ0) is 15.6. The molecule has 112 valence electrons. The molecule has 4 heteroatoms. The largest absolute Gasteiger partial charge is 0.376 e. The lowest BCUT2D eigenvalue weighted by Gasteiger charge is -2.19. The van der Waals surface area contributed by atoms with Gasteiger partial charge in [-0.25, -0.2) is 4.39 Å². The van der Waals surface area contributed by atoms with Crippen molar-refractivity contribution in [1.82, 2.24) is 0 Å². The Morgan fingerprint density at radius 1 is 1.05 bits per heavy atom. The standard InChI is InChI=1S/C17H18BrClFN/c1-10(2)12-4-6-13(7-5-12)11(3)21-17-15(18)8-14(20)9-16(17)19/h4-11,21H,1-3H3. The van der Waals surface area contributed by atoms with Crippen molar-refractivity contribution in [2.75, 3.05) is 5.32 Å². The maximum absolute atomic E-state index is 13.2. The van der Waals surface area contributed by atoms with Gasteiger partial charge in [-0.15, -0.1) is 0 Å².